The molecule has 1 aliphatic rings. The van der Waals surface area contributed by atoms with Gasteiger partial charge in [-0.3, -0.25) is 9.48 Å². The minimum absolute atomic E-state index is 0.248. The van der Waals surface area contributed by atoms with Crippen LogP contribution >= 0.6 is 11.8 Å². The van der Waals surface area contributed by atoms with Crippen molar-refractivity contribution >= 4 is 16.9 Å². The smallest absolute Gasteiger partial charge is 0.186 e. The van der Waals surface area contributed by atoms with Crippen LogP contribution in [0, 0.1) is 0 Å². The van der Waals surface area contributed by atoms with Gasteiger partial charge in [-0.25, -0.2) is 0 Å². The van der Waals surface area contributed by atoms with Gasteiger partial charge in [0.25, 0.3) is 0 Å². The van der Waals surface area contributed by atoms with Crippen LogP contribution in [0.4, 0.5) is 0 Å². The van der Waals surface area contributed by atoms with E-state index in [0.29, 0.717) is 11.3 Å². The third-order valence-electron chi connectivity index (χ3n) is 2.88. The molecular weight excluding hydrogens is 208 g/mol. The first-order valence-electron chi connectivity index (χ1n) is 5.42. The number of rotatable bonds is 2. The van der Waals surface area contributed by atoms with Crippen LogP contribution in [0.15, 0.2) is 18.5 Å². The fourth-order valence-electron chi connectivity index (χ4n) is 2.16. The number of carbonyl (C=O) groups is 1. The van der Waals surface area contributed by atoms with E-state index < -0.39 is 0 Å². The lowest BCUT2D eigenvalue weighted by atomic mass is 9.95. The van der Waals surface area contributed by atoms with Crippen molar-refractivity contribution in [2.45, 2.75) is 43.9 Å². The maximum Gasteiger partial charge on any atom is 0.186 e. The molecule has 0 aliphatic heterocycles. The normalized spacial score (nSPS) is 26.5. The number of hydrogen-bond donors (Lipinski definition) is 0. The summed E-state index contributed by atoms with van der Waals surface area (Å²) in [4.78, 5) is 11.0. The first-order valence-corrected chi connectivity index (χ1v) is 6.30. The molecule has 1 saturated carbocycles. The zero-order valence-corrected chi connectivity index (χ0v) is 9.74. The Labute approximate surface area is 94.2 Å². The van der Waals surface area contributed by atoms with Gasteiger partial charge in [-0.05, 0) is 31.7 Å². The highest BCUT2D eigenvalue weighted by Crippen LogP contribution is 2.34. The van der Waals surface area contributed by atoms with Crippen molar-refractivity contribution in [2.24, 2.45) is 0 Å². The molecule has 82 valence electrons. The van der Waals surface area contributed by atoms with Gasteiger partial charge in [0.1, 0.15) is 0 Å². The van der Waals surface area contributed by atoms with Crippen LogP contribution < -0.4 is 0 Å². The zero-order valence-electron chi connectivity index (χ0n) is 8.93. The third-order valence-corrected chi connectivity index (χ3v) is 4.01. The summed E-state index contributed by atoms with van der Waals surface area (Å²) in [6.07, 6.45) is 8.42. The maximum absolute atomic E-state index is 11.0. The van der Waals surface area contributed by atoms with Gasteiger partial charge in [-0.1, -0.05) is 11.8 Å². The summed E-state index contributed by atoms with van der Waals surface area (Å²) in [7, 11) is 0. The molecule has 0 atom stereocenters. The minimum atomic E-state index is 0.248. The van der Waals surface area contributed by atoms with E-state index in [4.69, 9.17) is 0 Å². The molecule has 0 amide bonds. The van der Waals surface area contributed by atoms with Gasteiger partial charge in [-0.2, -0.15) is 5.10 Å². The molecule has 4 heteroatoms. The lowest BCUT2D eigenvalue weighted by Gasteiger charge is -2.27. The molecular formula is C11H16N2OS. The van der Waals surface area contributed by atoms with Gasteiger partial charge < -0.3 is 0 Å². The second-order valence-corrected chi connectivity index (χ2v) is 5.50. The van der Waals surface area contributed by atoms with Crippen molar-refractivity contribution in [3.05, 3.63) is 18.5 Å². The topological polar surface area (TPSA) is 34.9 Å². The molecule has 0 unspecified atom stereocenters. The summed E-state index contributed by atoms with van der Waals surface area (Å²) in [5, 5.41) is 5.05. The molecule has 1 heterocycles. The fourth-order valence-corrected chi connectivity index (χ4v) is 3.14. The second-order valence-electron chi connectivity index (χ2n) is 4.03. The van der Waals surface area contributed by atoms with Crippen molar-refractivity contribution < 1.29 is 4.79 Å². The van der Waals surface area contributed by atoms with E-state index in [-0.39, 0.29) is 5.12 Å². The van der Waals surface area contributed by atoms with Crippen molar-refractivity contribution in [3.8, 4) is 0 Å². The molecule has 15 heavy (non-hydrogen) atoms. The highest BCUT2D eigenvalue weighted by molar-refractivity contribution is 8.14. The van der Waals surface area contributed by atoms with E-state index in [1.807, 2.05) is 18.5 Å². The molecule has 0 N–H and O–H groups in total. The number of aromatic nitrogens is 2. The van der Waals surface area contributed by atoms with Crippen LogP contribution in [0.25, 0.3) is 0 Å². The molecule has 1 aromatic heterocycles. The van der Waals surface area contributed by atoms with E-state index in [9.17, 15) is 4.79 Å². The van der Waals surface area contributed by atoms with Gasteiger partial charge in [0.15, 0.2) is 5.12 Å². The van der Waals surface area contributed by atoms with Crippen molar-refractivity contribution in [1.29, 1.82) is 0 Å². The van der Waals surface area contributed by atoms with Crippen LogP contribution in [0.3, 0.4) is 0 Å². The average molecular weight is 224 g/mol. The van der Waals surface area contributed by atoms with Crippen LogP contribution in [0.5, 0.6) is 0 Å². The summed E-state index contributed by atoms with van der Waals surface area (Å²) in [5.74, 6) is 0. The highest BCUT2D eigenvalue weighted by Gasteiger charge is 2.23. The monoisotopic (exact) mass is 224 g/mol. The summed E-state index contributed by atoms with van der Waals surface area (Å²) in [6, 6.07) is 2.51. The van der Waals surface area contributed by atoms with Gasteiger partial charge in [0.05, 0.1) is 6.04 Å². The zero-order chi connectivity index (χ0) is 10.7. The first-order chi connectivity index (χ1) is 7.25. The molecule has 3 nitrogen and oxygen atoms in total. The molecule has 0 aromatic carbocycles. The summed E-state index contributed by atoms with van der Waals surface area (Å²) in [5.41, 5.74) is 0. The number of thioether (sulfide) groups is 1. The van der Waals surface area contributed by atoms with E-state index in [1.54, 1.807) is 6.92 Å². The molecule has 2 rings (SSSR count). The van der Waals surface area contributed by atoms with Crippen LogP contribution in [-0.4, -0.2) is 20.1 Å². The van der Waals surface area contributed by atoms with E-state index >= 15 is 0 Å². The van der Waals surface area contributed by atoms with E-state index in [2.05, 4.69) is 9.78 Å². The number of carbonyl (C=O) groups excluding carboxylic acids is 1. The molecule has 1 aromatic rings. The third kappa shape index (κ3) is 2.84. The standard InChI is InChI=1S/C11H16N2OS/c1-9(14)15-11-5-3-10(4-6-11)13-8-2-7-12-13/h2,7-8,10-11H,3-6H2,1H3. The second kappa shape index (κ2) is 4.84. The first kappa shape index (κ1) is 10.7. The average Bonchev–Trinajstić information content (AvgIpc) is 2.71. The van der Waals surface area contributed by atoms with E-state index in [0.717, 1.165) is 25.7 Å². The Balaban J connectivity index is 1.84. The fraction of sp³-hybridized carbons (Fsp3) is 0.636. The van der Waals surface area contributed by atoms with E-state index in [1.165, 1.54) is 11.8 Å². The number of nitrogens with zero attached hydrogens (tertiary/aromatic N) is 2. The predicted molar refractivity (Wildman–Crippen MR) is 61.8 cm³/mol. The van der Waals surface area contributed by atoms with Gasteiger partial charge in [0.2, 0.25) is 0 Å². The van der Waals surface area contributed by atoms with Gasteiger partial charge in [-0.15, -0.1) is 0 Å². The Hall–Kier alpha value is -0.770. The van der Waals surface area contributed by atoms with Crippen LogP contribution in [-0.2, 0) is 4.79 Å². The lowest BCUT2D eigenvalue weighted by molar-refractivity contribution is -0.109. The quantitative estimate of drug-likeness (QED) is 0.774. The van der Waals surface area contributed by atoms with Crippen molar-refractivity contribution in [1.82, 2.24) is 9.78 Å². The van der Waals surface area contributed by atoms with Crippen molar-refractivity contribution in [3.63, 3.8) is 0 Å². The Bertz CT molecular complexity index is 315. The number of hydrogen-bond acceptors (Lipinski definition) is 3. The molecule has 1 fully saturated rings. The molecule has 0 bridgehead atoms. The largest absolute Gasteiger partial charge is 0.288 e. The van der Waals surface area contributed by atoms with Crippen LogP contribution in [0.1, 0.15) is 38.6 Å². The van der Waals surface area contributed by atoms with Crippen LogP contribution in [0.2, 0.25) is 0 Å². The van der Waals surface area contributed by atoms with Gasteiger partial charge >= 0.3 is 0 Å². The Morgan fingerprint density at radius 1 is 1.40 bits per heavy atom. The minimum Gasteiger partial charge on any atom is -0.288 e. The van der Waals surface area contributed by atoms with Crippen molar-refractivity contribution in [2.75, 3.05) is 0 Å². The molecule has 0 spiro atoms. The Morgan fingerprint density at radius 3 is 2.67 bits per heavy atom. The molecule has 0 radical (unpaired) electrons. The molecule has 1 aliphatic carbocycles. The maximum atomic E-state index is 11.0. The lowest BCUT2D eigenvalue weighted by Crippen LogP contribution is -2.20. The summed E-state index contributed by atoms with van der Waals surface area (Å²) >= 11 is 1.51. The molecule has 0 saturated heterocycles. The Morgan fingerprint density at radius 2 is 2.13 bits per heavy atom. The highest BCUT2D eigenvalue weighted by atomic mass is 32.2. The van der Waals surface area contributed by atoms with Gasteiger partial charge in [0, 0.05) is 24.6 Å². The summed E-state index contributed by atoms with van der Waals surface area (Å²) < 4.78 is 2.05. The SMILES string of the molecule is CC(=O)SC1CCC(n2cccn2)CC1. The predicted octanol–water partition coefficient (Wildman–Crippen LogP) is 2.65. The Kier molecular flexibility index (Phi) is 3.46. The summed E-state index contributed by atoms with van der Waals surface area (Å²) in [6.45, 7) is 1.66.